The molecule has 0 radical (unpaired) electrons. The van der Waals surface area contributed by atoms with Crippen LogP contribution in [0.3, 0.4) is 0 Å². The summed E-state index contributed by atoms with van der Waals surface area (Å²) < 4.78 is 5.13. The first kappa shape index (κ1) is 14.5. The molecule has 0 aliphatic carbocycles. The van der Waals surface area contributed by atoms with E-state index in [0.717, 1.165) is 41.9 Å². The van der Waals surface area contributed by atoms with Crippen LogP contribution in [0.15, 0.2) is 43.0 Å². The third-order valence-electron chi connectivity index (χ3n) is 3.19. The molecule has 4 nitrogen and oxygen atoms in total. The molecule has 106 valence electrons. The van der Waals surface area contributed by atoms with Crippen molar-refractivity contribution >= 4 is 16.6 Å². The number of nitrogen functional groups attached to an aromatic ring is 1. The van der Waals surface area contributed by atoms with Crippen LogP contribution in [0.5, 0.6) is 0 Å². The van der Waals surface area contributed by atoms with Gasteiger partial charge in [-0.25, -0.2) is 0 Å². The van der Waals surface area contributed by atoms with Crippen LogP contribution in [0.2, 0.25) is 0 Å². The second kappa shape index (κ2) is 7.03. The molecule has 0 bridgehead atoms. The van der Waals surface area contributed by atoms with Crippen LogP contribution in [0.4, 0.5) is 5.69 Å². The number of aromatic nitrogens is 1. The molecule has 20 heavy (non-hydrogen) atoms. The van der Waals surface area contributed by atoms with E-state index in [1.807, 2.05) is 36.4 Å². The normalized spacial score (nSPS) is 11.1. The summed E-state index contributed by atoms with van der Waals surface area (Å²) in [5, 5.41) is 1.00. The molecule has 0 aliphatic rings. The zero-order valence-electron chi connectivity index (χ0n) is 11.9. The monoisotopic (exact) mass is 271 g/mol. The van der Waals surface area contributed by atoms with Crippen LogP contribution in [0.25, 0.3) is 10.9 Å². The lowest BCUT2D eigenvalue weighted by Gasteiger charge is -2.20. The molecule has 1 aromatic heterocycles. The van der Waals surface area contributed by atoms with E-state index in [1.54, 1.807) is 7.11 Å². The number of pyridine rings is 1. The first-order chi connectivity index (χ1) is 9.74. The van der Waals surface area contributed by atoms with Gasteiger partial charge in [0, 0.05) is 37.8 Å². The number of fused-ring (bicyclic) bond motifs is 1. The van der Waals surface area contributed by atoms with Gasteiger partial charge in [-0.1, -0.05) is 24.3 Å². The van der Waals surface area contributed by atoms with Crippen molar-refractivity contribution in [1.82, 2.24) is 9.88 Å². The van der Waals surface area contributed by atoms with E-state index in [2.05, 4.69) is 16.5 Å². The van der Waals surface area contributed by atoms with E-state index in [4.69, 9.17) is 10.5 Å². The molecule has 0 saturated heterocycles. The third kappa shape index (κ3) is 3.56. The maximum Gasteiger partial charge on any atom is 0.0726 e. The van der Waals surface area contributed by atoms with Crippen molar-refractivity contribution in [2.24, 2.45) is 0 Å². The predicted molar refractivity (Wildman–Crippen MR) is 83.5 cm³/mol. The lowest BCUT2D eigenvalue weighted by molar-refractivity contribution is 0.150. The predicted octanol–water partition coefficient (Wildman–Crippen LogP) is 2.45. The van der Waals surface area contributed by atoms with Gasteiger partial charge in [0.1, 0.15) is 0 Å². The third-order valence-corrected chi connectivity index (χ3v) is 3.19. The number of nitrogens with zero attached hydrogens (tertiary/aromatic N) is 2. The van der Waals surface area contributed by atoms with Gasteiger partial charge in [0.2, 0.25) is 0 Å². The van der Waals surface area contributed by atoms with E-state index >= 15 is 0 Å². The molecule has 1 heterocycles. The first-order valence-corrected chi connectivity index (χ1v) is 6.71. The SMILES string of the molecule is C=CCN(CCOC)Cc1cc(N)c2ccccc2n1. The van der Waals surface area contributed by atoms with Crippen LogP contribution < -0.4 is 5.73 Å². The Hall–Kier alpha value is -1.91. The number of nitrogens with two attached hydrogens (primary N) is 1. The fourth-order valence-electron chi connectivity index (χ4n) is 2.21. The Morgan fingerprint density at radius 1 is 1.40 bits per heavy atom. The fraction of sp³-hybridized carbons (Fsp3) is 0.312. The standard InChI is InChI=1S/C16H21N3O/c1-3-8-19(9-10-20-2)12-13-11-15(17)14-6-4-5-7-16(14)18-13/h3-7,11H,1,8-10,12H2,2H3,(H2,17,18). The number of ether oxygens (including phenoxy) is 1. The van der Waals surface area contributed by atoms with Gasteiger partial charge in [-0.3, -0.25) is 9.88 Å². The second-order valence-corrected chi connectivity index (χ2v) is 4.74. The number of benzene rings is 1. The maximum atomic E-state index is 6.10. The van der Waals surface area contributed by atoms with Gasteiger partial charge < -0.3 is 10.5 Å². The van der Waals surface area contributed by atoms with Crippen molar-refractivity contribution in [1.29, 1.82) is 0 Å². The molecule has 0 amide bonds. The lowest BCUT2D eigenvalue weighted by Crippen LogP contribution is -2.27. The second-order valence-electron chi connectivity index (χ2n) is 4.74. The highest BCUT2D eigenvalue weighted by Gasteiger charge is 2.08. The molecule has 0 atom stereocenters. The first-order valence-electron chi connectivity index (χ1n) is 6.71. The summed E-state index contributed by atoms with van der Waals surface area (Å²) in [5.74, 6) is 0. The smallest absolute Gasteiger partial charge is 0.0726 e. The van der Waals surface area contributed by atoms with Crippen LogP contribution in [-0.2, 0) is 11.3 Å². The Balaban J connectivity index is 2.20. The number of hydrogen-bond donors (Lipinski definition) is 1. The van der Waals surface area contributed by atoms with E-state index in [0.29, 0.717) is 6.61 Å². The molecule has 0 saturated carbocycles. The minimum absolute atomic E-state index is 0.691. The molecule has 4 heteroatoms. The highest BCUT2D eigenvalue weighted by atomic mass is 16.5. The van der Waals surface area contributed by atoms with Gasteiger partial charge in [-0.15, -0.1) is 6.58 Å². The molecule has 0 fully saturated rings. The molecule has 0 aliphatic heterocycles. The quantitative estimate of drug-likeness (QED) is 0.786. The van der Waals surface area contributed by atoms with Gasteiger partial charge in [0.25, 0.3) is 0 Å². The molecule has 2 rings (SSSR count). The topological polar surface area (TPSA) is 51.4 Å². The number of anilines is 1. The van der Waals surface area contributed by atoms with Crippen LogP contribution >= 0.6 is 0 Å². The van der Waals surface area contributed by atoms with Crippen molar-refractivity contribution in [3.05, 3.63) is 48.7 Å². The minimum Gasteiger partial charge on any atom is -0.398 e. The van der Waals surface area contributed by atoms with Crippen molar-refractivity contribution < 1.29 is 4.74 Å². The number of hydrogen-bond acceptors (Lipinski definition) is 4. The van der Waals surface area contributed by atoms with Crippen molar-refractivity contribution in [2.45, 2.75) is 6.54 Å². The molecular weight excluding hydrogens is 250 g/mol. The fourth-order valence-corrected chi connectivity index (χ4v) is 2.21. The zero-order valence-corrected chi connectivity index (χ0v) is 11.9. The molecule has 0 spiro atoms. The summed E-state index contributed by atoms with van der Waals surface area (Å²) in [6.45, 7) is 6.87. The Morgan fingerprint density at radius 3 is 2.95 bits per heavy atom. The summed E-state index contributed by atoms with van der Waals surface area (Å²) in [7, 11) is 1.71. The Labute approximate surface area is 119 Å². The molecule has 0 unspecified atom stereocenters. The molecule has 2 aromatic rings. The largest absolute Gasteiger partial charge is 0.398 e. The minimum atomic E-state index is 0.691. The zero-order chi connectivity index (χ0) is 14.4. The Bertz CT molecular complexity index is 583. The summed E-state index contributed by atoms with van der Waals surface area (Å²) in [6, 6.07) is 9.88. The van der Waals surface area contributed by atoms with Crippen molar-refractivity contribution in [3.63, 3.8) is 0 Å². The number of methoxy groups -OCH3 is 1. The Kier molecular flexibility index (Phi) is 5.09. The average molecular weight is 271 g/mol. The van der Waals surface area contributed by atoms with E-state index in [9.17, 15) is 0 Å². The number of rotatable bonds is 7. The highest BCUT2D eigenvalue weighted by molar-refractivity contribution is 5.90. The van der Waals surface area contributed by atoms with Gasteiger partial charge in [-0.2, -0.15) is 0 Å². The summed E-state index contributed by atoms with van der Waals surface area (Å²) in [5.41, 5.74) is 8.79. The number of para-hydroxylation sites is 1. The summed E-state index contributed by atoms with van der Waals surface area (Å²) >= 11 is 0. The summed E-state index contributed by atoms with van der Waals surface area (Å²) in [6.07, 6.45) is 1.89. The Morgan fingerprint density at radius 2 is 2.20 bits per heavy atom. The van der Waals surface area contributed by atoms with Crippen LogP contribution in [0, 0.1) is 0 Å². The van der Waals surface area contributed by atoms with Crippen LogP contribution in [0.1, 0.15) is 5.69 Å². The van der Waals surface area contributed by atoms with Gasteiger partial charge in [0.05, 0.1) is 17.8 Å². The van der Waals surface area contributed by atoms with E-state index in [1.165, 1.54) is 0 Å². The van der Waals surface area contributed by atoms with Gasteiger partial charge in [-0.05, 0) is 12.1 Å². The van der Waals surface area contributed by atoms with E-state index < -0.39 is 0 Å². The molecule has 1 aromatic carbocycles. The van der Waals surface area contributed by atoms with Gasteiger partial charge in [0.15, 0.2) is 0 Å². The average Bonchev–Trinajstić information content (AvgIpc) is 2.45. The summed E-state index contributed by atoms with van der Waals surface area (Å²) in [4.78, 5) is 6.90. The molecule has 2 N–H and O–H groups in total. The van der Waals surface area contributed by atoms with Crippen LogP contribution in [-0.4, -0.2) is 36.7 Å². The molecular formula is C16H21N3O. The van der Waals surface area contributed by atoms with Crippen molar-refractivity contribution in [3.8, 4) is 0 Å². The van der Waals surface area contributed by atoms with Gasteiger partial charge >= 0.3 is 0 Å². The van der Waals surface area contributed by atoms with E-state index in [-0.39, 0.29) is 0 Å². The maximum absolute atomic E-state index is 6.10. The lowest BCUT2D eigenvalue weighted by atomic mass is 10.1. The highest BCUT2D eigenvalue weighted by Crippen LogP contribution is 2.20. The van der Waals surface area contributed by atoms with Crippen molar-refractivity contribution in [2.75, 3.05) is 32.5 Å².